The summed E-state index contributed by atoms with van der Waals surface area (Å²) >= 11 is 0. The van der Waals surface area contributed by atoms with E-state index in [1.54, 1.807) is 0 Å². The van der Waals surface area contributed by atoms with Crippen molar-refractivity contribution in [3.05, 3.63) is 24.3 Å². The van der Waals surface area contributed by atoms with Gasteiger partial charge in [-0.3, -0.25) is 5.32 Å². The number of ether oxygens (including phenoxy) is 2. The van der Waals surface area contributed by atoms with E-state index in [0.717, 1.165) is 32.2 Å². The first-order valence-electron chi connectivity index (χ1n) is 10.9. The first kappa shape index (κ1) is 22.5. The Kier molecular flexibility index (Phi) is 10.2. The third kappa shape index (κ3) is 8.09. The molecule has 0 aromatic heterocycles. The minimum Gasteiger partial charge on any atom is -0.491 e. The SMILES string of the molecule is CCCCCCCCOc1ccccc1NC(=O)O[C@@H]1CCC[C@H]1CN(C)C. The predicted octanol–water partition coefficient (Wildman–Crippen LogP) is 5.70. The lowest BCUT2D eigenvalue weighted by atomic mass is 10.1. The van der Waals surface area contributed by atoms with E-state index >= 15 is 0 Å². The van der Waals surface area contributed by atoms with Gasteiger partial charge in [0.1, 0.15) is 11.9 Å². The Labute approximate surface area is 170 Å². The van der Waals surface area contributed by atoms with Crippen LogP contribution in [0.3, 0.4) is 0 Å². The number of carbonyl (C=O) groups excluding carboxylic acids is 1. The van der Waals surface area contributed by atoms with Crippen molar-refractivity contribution in [3.63, 3.8) is 0 Å². The summed E-state index contributed by atoms with van der Waals surface area (Å²) in [5.41, 5.74) is 0.681. The maximum absolute atomic E-state index is 12.4. The average Bonchev–Trinajstić information content (AvgIpc) is 3.08. The standard InChI is InChI=1S/C23H38N2O3/c1-4-5-6-7-8-11-17-27-22-15-10-9-14-20(22)24-23(26)28-21-16-12-13-19(21)18-25(2)3/h9-10,14-15,19,21H,4-8,11-13,16-18H2,1-3H3,(H,24,26)/t19-,21+/m0/s1. The molecule has 1 amide bonds. The number of hydrogen-bond donors (Lipinski definition) is 1. The number of nitrogens with zero attached hydrogens (tertiary/aromatic N) is 1. The molecule has 1 fully saturated rings. The first-order valence-corrected chi connectivity index (χ1v) is 10.9. The number of para-hydroxylation sites is 2. The molecule has 1 saturated carbocycles. The van der Waals surface area contributed by atoms with E-state index in [0.29, 0.717) is 24.0 Å². The Bertz CT molecular complexity index is 577. The zero-order valence-electron chi connectivity index (χ0n) is 17.9. The van der Waals surface area contributed by atoms with Crippen LogP contribution in [0.2, 0.25) is 0 Å². The van der Waals surface area contributed by atoms with Crippen molar-refractivity contribution in [2.45, 2.75) is 70.8 Å². The van der Waals surface area contributed by atoms with Crippen LogP contribution in [0.1, 0.15) is 64.7 Å². The molecule has 1 aliphatic carbocycles. The highest BCUT2D eigenvalue weighted by atomic mass is 16.6. The Morgan fingerprint density at radius 2 is 1.86 bits per heavy atom. The van der Waals surface area contributed by atoms with Crippen LogP contribution >= 0.6 is 0 Å². The highest BCUT2D eigenvalue weighted by molar-refractivity contribution is 5.86. The van der Waals surface area contributed by atoms with Gasteiger partial charge in [0.15, 0.2) is 0 Å². The van der Waals surface area contributed by atoms with E-state index < -0.39 is 0 Å². The highest BCUT2D eigenvalue weighted by Gasteiger charge is 2.30. The molecule has 0 heterocycles. The molecule has 2 atom stereocenters. The zero-order chi connectivity index (χ0) is 20.2. The first-order chi connectivity index (χ1) is 13.6. The molecule has 0 saturated heterocycles. The second-order valence-corrected chi connectivity index (χ2v) is 8.13. The average molecular weight is 391 g/mol. The maximum atomic E-state index is 12.4. The topological polar surface area (TPSA) is 50.8 Å². The molecule has 5 nitrogen and oxygen atoms in total. The number of benzene rings is 1. The van der Waals surface area contributed by atoms with Crippen molar-refractivity contribution >= 4 is 11.8 Å². The van der Waals surface area contributed by atoms with E-state index in [-0.39, 0.29) is 12.2 Å². The summed E-state index contributed by atoms with van der Waals surface area (Å²) in [6.45, 7) is 3.86. The Morgan fingerprint density at radius 1 is 1.11 bits per heavy atom. The molecule has 28 heavy (non-hydrogen) atoms. The summed E-state index contributed by atoms with van der Waals surface area (Å²) in [6.07, 6.45) is 10.2. The number of carbonyl (C=O) groups is 1. The molecular weight excluding hydrogens is 352 g/mol. The third-order valence-corrected chi connectivity index (χ3v) is 5.33. The van der Waals surface area contributed by atoms with Crippen LogP contribution in [0.4, 0.5) is 10.5 Å². The zero-order valence-corrected chi connectivity index (χ0v) is 17.9. The summed E-state index contributed by atoms with van der Waals surface area (Å²) < 4.78 is 11.6. The minimum absolute atomic E-state index is 0.00130. The largest absolute Gasteiger partial charge is 0.491 e. The molecule has 158 valence electrons. The lowest BCUT2D eigenvalue weighted by molar-refractivity contribution is 0.0780. The molecule has 1 aromatic carbocycles. The minimum atomic E-state index is -0.383. The molecule has 1 aliphatic rings. The summed E-state index contributed by atoms with van der Waals surface area (Å²) in [4.78, 5) is 14.6. The fourth-order valence-electron chi connectivity index (χ4n) is 3.87. The number of amides is 1. The van der Waals surface area contributed by atoms with Gasteiger partial charge in [0.25, 0.3) is 0 Å². The second kappa shape index (κ2) is 12.7. The van der Waals surface area contributed by atoms with E-state index in [1.165, 1.54) is 32.1 Å². The number of hydrogen-bond acceptors (Lipinski definition) is 4. The van der Waals surface area contributed by atoms with Gasteiger partial charge < -0.3 is 14.4 Å². The van der Waals surface area contributed by atoms with Crippen molar-refractivity contribution in [2.75, 3.05) is 32.6 Å². The Morgan fingerprint density at radius 3 is 2.64 bits per heavy atom. The van der Waals surface area contributed by atoms with Gasteiger partial charge in [0.05, 0.1) is 12.3 Å². The van der Waals surface area contributed by atoms with Crippen LogP contribution in [0, 0.1) is 5.92 Å². The number of nitrogens with one attached hydrogen (secondary N) is 1. The molecule has 0 radical (unpaired) electrons. The lowest BCUT2D eigenvalue weighted by Gasteiger charge is -2.23. The summed E-state index contributed by atoms with van der Waals surface area (Å²) in [5, 5.41) is 2.88. The summed E-state index contributed by atoms with van der Waals surface area (Å²) in [7, 11) is 4.12. The molecule has 0 spiro atoms. The summed E-state index contributed by atoms with van der Waals surface area (Å²) in [5.74, 6) is 1.13. The Hall–Kier alpha value is -1.75. The van der Waals surface area contributed by atoms with Gasteiger partial charge >= 0.3 is 6.09 Å². The molecule has 1 aromatic rings. The van der Waals surface area contributed by atoms with E-state index in [1.807, 2.05) is 24.3 Å². The molecule has 0 aliphatic heterocycles. The monoisotopic (exact) mass is 390 g/mol. The maximum Gasteiger partial charge on any atom is 0.412 e. The molecule has 2 rings (SSSR count). The highest BCUT2D eigenvalue weighted by Crippen LogP contribution is 2.30. The fraction of sp³-hybridized carbons (Fsp3) is 0.696. The van der Waals surface area contributed by atoms with Crippen LogP contribution in [0.5, 0.6) is 5.75 Å². The summed E-state index contributed by atoms with van der Waals surface area (Å²) in [6, 6.07) is 7.59. The van der Waals surface area contributed by atoms with Crippen LogP contribution in [-0.4, -0.2) is 44.3 Å². The lowest BCUT2D eigenvalue weighted by Crippen LogP contribution is -2.31. The van der Waals surface area contributed by atoms with Gasteiger partial charge in [0.2, 0.25) is 0 Å². The van der Waals surface area contributed by atoms with Gasteiger partial charge in [0, 0.05) is 12.5 Å². The van der Waals surface area contributed by atoms with Crippen molar-refractivity contribution in [2.24, 2.45) is 5.92 Å². The number of anilines is 1. The normalized spacial score (nSPS) is 19.0. The van der Waals surface area contributed by atoms with Crippen LogP contribution in [0.25, 0.3) is 0 Å². The van der Waals surface area contributed by atoms with Gasteiger partial charge in [-0.2, -0.15) is 0 Å². The number of unbranched alkanes of at least 4 members (excludes halogenated alkanes) is 5. The molecule has 0 unspecified atom stereocenters. The van der Waals surface area contributed by atoms with Crippen molar-refractivity contribution in [3.8, 4) is 5.75 Å². The van der Waals surface area contributed by atoms with E-state index in [2.05, 4.69) is 31.2 Å². The second-order valence-electron chi connectivity index (χ2n) is 8.13. The molecule has 0 bridgehead atoms. The molecule has 1 N–H and O–H groups in total. The molecule has 5 heteroatoms. The Balaban J connectivity index is 1.77. The predicted molar refractivity (Wildman–Crippen MR) is 115 cm³/mol. The van der Waals surface area contributed by atoms with E-state index in [9.17, 15) is 4.79 Å². The van der Waals surface area contributed by atoms with E-state index in [4.69, 9.17) is 9.47 Å². The van der Waals surface area contributed by atoms with Gasteiger partial charge in [-0.25, -0.2) is 4.79 Å². The van der Waals surface area contributed by atoms with Crippen molar-refractivity contribution in [1.29, 1.82) is 0 Å². The van der Waals surface area contributed by atoms with Gasteiger partial charge in [-0.1, -0.05) is 51.2 Å². The smallest absolute Gasteiger partial charge is 0.412 e. The van der Waals surface area contributed by atoms with Crippen LogP contribution in [-0.2, 0) is 4.74 Å². The third-order valence-electron chi connectivity index (χ3n) is 5.33. The van der Waals surface area contributed by atoms with Crippen molar-refractivity contribution < 1.29 is 14.3 Å². The molecular formula is C23H38N2O3. The van der Waals surface area contributed by atoms with Crippen LogP contribution < -0.4 is 10.1 Å². The van der Waals surface area contributed by atoms with Crippen LogP contribution in [0.15, 0.2) is 24.3 Å². The quantitative estimate of drug-likeness (QED) is 0.465. The van der Waals surface area contributed by atoms with Gasteiger partial charge in [-0.15, -0.1) is 0 Å². The van der Waals surface area contributed by atoms with Gasteiger partial charge in [-0.05, 0) is 51.9 Å². The van der Waals surface area contributed by atoms with Crippen molar-refractivity contribution in [1.82, 2.24) is 4.90 Å². The fourth-order valence-corrected chi connectivity index (χ4v) is 3.87. The number of rotatable bonds is 12.